The van der Waals surface area contributed by atoms with Crippen molar-refractivity contribution in [3.63, 3.8) is 0 Å². The molecule has 7 nitrogen and oxygen atoms in total. The summed E-state index contributed by atoms with van der Waals surface area (Å²) in [5, 5.41) is 14.2. The number of urea groups is 1. The Labute approximate surface area is 184 Å². The van der Waals surface area contributed by atoms with Crippen molar-refractivity contribution in [1.82, 2.24) is 25.4 Å². The smallest absolute Gasteiger partial charge is 0.321 e. The van der Waals surface area contributed by atoms with Crippen molar-refractivity contribution in [3.8, 4) is 17.1 Å². The maximum atomic E-state index is 12.4. The van der Waals surface area contributed by atoms with Gasteiger partial charge in [0, 0.05) is 22.8 Å². The number of aromatic nitrogens is 3. The number of aryl methyl sites for hydroxylation is 1. The Morgan fingerprint density at radius 1 is 1.10 bits per heavy atom. The molecular weight excluding hydrogens is 422 g/mol. The Bertz CT molecular complexity index is 1030. The van der Waals surface area contributed by atoms with Gasteiger partial charge in [0.2, 0.25) is 5.91 Å². The normalized spacial score (nSPS) is 11.7. The Morgan fingerprint density at radius 3 is 2.40 bits per heavy atom. The van der Waals surface area contributed by atoms with E-state index in [1.54, 1.807) is 26.0 Å². The molecule has 3 aromatic rings. The molecule has 1 unspecified atom stereocenters. The van der Waals surface area contributed by atoms with Crippen molar-refractivity contribution in [2.75, 3.05) is 6.54 Å². The van der Waals surface area contributed by atoms with Gasteiger partial charge in [0.15, 0.2) is 11.0 Å². The van der Waals surface area contributed by atoms with Crippen LogP contribution in [0.2, 0.25) is 5.02 Å². The number of hydrogen-bond acceptors (Lipinski definition) is 5. The van der Waals surface area contributed by atoms with Crippen LogP contribution in [0.3, 0.4) is 0 Å². The lowest BCUT2D eigenvalue weighted by atomic mass is 10.2. The first-order valence-electron chi connectivity index (χ1n) is 9.42. The second-order valence-electron chi connectivity index (χ2n) is 6.59. The standard InChI is InChI=1S/C21H22ClN5O2S/c1-4-23-20(29)24-19(28)14(3)30-21-26-25-18(15-7-9-16(22)10-8-15)27(21)17-11-5-13(2)6-12-17/h5-12,14H,4H2,1-3H3,(H2,23,24,28,29). The van der Waals surface area contributed by atoms with Gasteiger partial charge in [-0.1, -0.05) is 41.1 Å². The third-order valence-electron chi connectivity index (χ3n) is 4.25. The second kappa shape index (κ2) is 9.77. The van der Waals surface area contributed by atoms with E-state index in [2.05, 4.69) is 20.8 Å². The van der Waals surface area contributed by atoms with Gasteiger partial charge in [-0.2, -0.15) is 0 Å². The van der Waals surface area contributed by atoms with E-state index in [9.17, 15) is 9.59 Å². The Kier molecular flexibility index (Phi) is 7.12. The van der Waals surface area contributed by atoms with Crippen molar-refractivity contribution >= 4 is 35.3 Å². The molecule has 1 aromatic heterocycles. The summed E-state index contributed by atoms with van der Waals surface area (Å²) in [6.45, 7) is 5.95. The van der Waals surface area contributed by atoms with Gasteiger partial charge in [-0.15, -0.1) is 10.2 Å². The average molecular weight is 444 g/mol. The van der Waals surface area contributed by atoms with Crippen LogP contribution in [-0.4, -0.2) is 38.5 Å². The summed E-state index contributed by atoms with van der Waals surface area (Å²) in [5.41, 5.74) is 2.84. The fraction of sp³-hybridized carbons (Fsp3) is 0.238. The number of thioether (sulfide) groups is 1. The first-order chi connectivity index (χ1) is 14.4. The van der Waals surface area contributed by atoms with Gasteiger partial charge >= 0.3 is 6.03 Å². The van der Waals surface area contributed by atoms with Crippen LogP contribution < -0.4 is 10.6 Å². The molecule has 0 fully saturated rings. The molecule has 0 spiro atoms. The van der Waals surface area contributed by atoms with Crippen LogP contribution in [0.25, 0.3) is 17.1 Å². The summed E-state index contributed by atoms with van der Waals surface area (Å²) in [4.78, 5) is 24.0. The number of imide groups is 1. The number of benzene rings is 2. The minimum Gasteiger partial charge on any atom is -0.338 e. The van der Waals surface area contributed by atoms with E-state index < -0.39 is 17.2 Å². The first-order valence-corrected chi connectivity index (χ1v) is 10.7. The van der Waals surface area contributed by atoms with Crippen LogP contribution in [-0.2, 0) is 4.79 Å². The molecule has 3 amide bonds. The molecule has 1 atom stereocenters. The van der Waals surface area contributed by atoms with Crippen LogP contribution in [0.1, 0.15) is 19.4 Å². The SMILES string of the molecule is CCNC(=O)NC(=O)C(C)Sc1nnc(-c2ccc(Cl)cc2)n1-c1ccc(C)cc1. The van der Waals surface area contributed by atoms with Crippen LogP contribution in [0.15, 0.2) is 53.7 Å². The lowest BCUT2D eigenvalue weighted by Crippen LogP contribution is -2.42. The zero-order valence-electron chi connectivity index (χ0n) is 16.8. The van der Waals surface area contributed by atoms with E-state index in [1.165, 1.54) is 11.8 Å². The van der Waals surface area contributed by atoms with Crippen LogP contribution in [0.5, 0.6) is 0 Å². The molecule has 0 bridgehead atoms. The lowest BCUT2D eigenvalue weighted by Gasteiger charge is -2.14. The maximum Gasteiger partial charge on any atom is 0.321 e. The second-order valence-corrected chi connectivity index (χ2v) is 8.34. The Morgan fingerprint density at radius 2 is 1.77 bits per heavy atom. The minimum atomic E-state index is -0.556. The lowest BCUT2D eigenvalue weighted by molar-refractivity contribution is -0.119. The number of rotatable bonds is 6. The van der Waals surface area contributed by atoms with Gasteiger partial charge in [0.25, 0.3) is 0 Å². The monoisotopic (exact) mass is 443 g/mol. The molecule has 0 aliphatic rings. The number of nitrogens with zero attached hydrogens (tertiary/aromatic N) is 3. The van der Waals surface area contributed by atoms with Crippen molar-refractivity contribution < 1.29 is 9.59 Å². The summed E-state index contributed by atoms with van der Waals surface area (Å²) < 4.78 is 1.89. The van der Waals surface area contributed by atoms with E-state index in [1.807, 2.05) is 47.9 Å². The Hall–Kier alpha value is -2.84. The molecule has 0 saturated carbocycles. The average Bonchev–Trinajstić information content (AvgIpc) is 3.12. The number of hydrogen-bond donors (Lipinski definition) is 2. The fourth-order valence-electron chi connectivity index (χ4n) is 2.69. The van der Waals surface area contributed by atoms with Gasteiger partial charge in [0.05, 0.1) is 5.25 Å². The third kappa shape index (κ3) is 5.20. The summed E-state index contributed by atoms with van der Waals surface area (Å²) in [5.74, 6) is 0.229. The predicted molar refractivity (Wildman–Crippen MR) is 119 cm³/mol. The van der Waals surface area contributed by atoms with E-state index in [0.29, 0.717) is 22.5 Å². The molecular formula is C21H22ClN5O2S. The molecule has 156 valence electrons. The molecule has 3 rings (SSSR count). The van der Waals surface area contributed by atoms with Gasteiger partial charge in [-0.05, 0) is 57.2 Å². The van der Waals surface area contributed by atoms with Crippen molar-refractivity contribution in [1.29, 1.82) is 0 Å². The highest BCUT2D eigenvalue weighted by molar-refractivity contribution is 8.00. The molecule has 0 radical (unpaired) electrons. The van der Waals surface area contributed by atoms with Gasteiger partial charge in [-0.25, -0.2) is 4.79 Å². The van der Waals surface area contributed by atoms with Gasteiger partial charge in [0.1, 0.15) is 0 Å². The van der Waals surface area contributed by atoms with Gasteiger partial charge in [-0.3, -0.25) is 14.7 Å². The summed E-state index contributed by atoms with van der Waals surface area (Å²) in [6.07, 6.45) is 0. The minimum absolute atomic E-state index is 0.405. The Balaban J connectivity index is 1.94. The third-order valence-corrected chi connectivity index (χ3v) is 5.55. The molecule has 30 heavy (non-hydrogen) atoms. The van der Waals surface area contributed by atoms with E-state index >= 15 is 0 Å². The van der Waals surface area contributed by atoms with E-state index in [4.69, 9.17) is 11.6 Å². The zero-order chi connectivity index (χ0) is 21.7. The van der Waals surface area contributed by atoms with Crippen molar-refractivity contribution in [3.05, 3.63) is 59.1 Å². The largest absolute Gasteiger partial charge is 0.338 e. The molecule has 1 heterocycles. The van der Waals surface area contributed by atoms with E-state index in [0.717, 1.165) is 16.8 Å². The number of nitrogens with one attached hydrogen (secondary N) is 2. The summed E-state index contributed by atoms with van der Waals surface area (Å²) in [7, 11) is 0. The highest BCUT2D eigenvalue weighted by Crippen LogP contribution is 2.30. The number of carbonyl (C=O) groups is 2. The fourth-order valence-corrected chi connectivity index (χ4v) is 3.68. The number of amides is 3. The van der Waals surface area contributed by atoms with Crippen LogP contribution in [0, 0.1) is 6.92 Å². The number of carbonyl (C=O) groups excluding carboxylic acids is 2. The van der Waals surface area contributed by atoms with Crippen LogP contribution in [0.4, 0.5) is 4.79 Å². The highest BCUT2D eigenvalue weighted by Gasteiger charge is 2.23. The van der Waals surface area contributed by atoms with Gasteiger partial charge < -0.3 is 5.32 Å². The molecule has 2 N–H and O–H groups in total. The summed E-state index contributed by atoms with van der Waals surface area (Å²) >= 11 is 7.25. The first kappa shape index (κ1) is 21.9. The molecule has 9 heteroatoms. The predicted octanol–water partition coefficient (Wildman–Crippen LogP) is 4.22. The van der Waals surface area contributed by atoms with E-state index in [-0.39, 0.29) is 0 Å². The quantitative estimate of drug-likeness (QED) is 0.557. The zero-order valence-corrected chi connectivity index (χ0v) is 18.4. The topological polar surface area (TPSA) is 88.9 Å². The van der Waals surface area contributed by atoms with Crippen molar-refractivity contribution in [2.45, 2.75) is 31.2 Å². The number of halogens is 1. The highest BCUT2D eigenvalue weighted by atomic mass is 35.5. The molecule has 2 aromatic carbocycles. The summed E-state index contributed by atoms with van der Waals surface area (Å²) in [6, 6.07) is 14.8. The maximum absolute atomic E-state index is 12.4. The molecule has 0 aliphatic heterocycles. The molecule has 0 aliphatic carbocycles. The molecule has 0 saturated heterocycles. The van der Waals surface area contributed by atoms with Crippen molar-refractivity contribution in [2.24, 2.45) is 0 Å². The van der Waals surface area contributed by atoms with Crippen LogP contribution >= 0.6 is 23.4 Å².